The number of hydrogen-bond donors (Lipinski definition) is 1. The highest BCUT2D eigenvalue weighted by molar-refractivity contribution is 7.91. The fraction of sp³-hybridized carbons (Fsp3) is 0.200. The molecule has 0 radical (unpaired) electrons. The molecule has 0 bridgehead atoms. The molecule has 0 aliphatic heterocycles. The molecule has 0 aliphatic carbocycles. The molecule has 0 atom stereocenters. The number of rotatable bonds is 8. The van der Waals surface area contributed by atoms with Crippen molar-refractivity contribution in [1.82, 2.24) is 9.36 Å². The zero-order chi connectivity index (χ0) is 24.2. The highest BCUT2D eigenvalue weighted by atomic mass is 32.2. The molecule has 0 spiro atoms. The van der Waals surface area contributed by atoms with E-state index in [1.807, 2.05) is 0 Å². The van der Waals surface area contributed by atoms with E-state index in [0.29, 0.717) is 22.9 Å². The summed E-state index contributed by atoms with van der Waals surface area (Å²) in [5, 5.41) is 22.0. The van der Waals surface area contributed by atoms with Crippen LogP contribution in [0, 0.1) is 27.4 Å². The summed E-state index contributed by atoms with van der Waals surface area (Å²) in [7, 11) is -3.68. The molecule has 13 heteroatoms. The van der Waals surface area contributed by atoms with E-state index in [0.717, 1.165) is 0 Å². The van der Waals surface area contributed by atoms with Crippen molar-refractivity contribution in [3.63, 3.8) is 0 Å². The smallest absolute Gasteiger partial charge is 0.269 e. The van der Waals surface area contributed by atoms with E-state index in [-0.39, 0.29) is 39.0 Å². The number of hydrogen-bond acceptors (Lipinski definition) is 10. The third-order valence-corrected chi connectivity index (χ3v) is 6.69. The predicted octanol–water partition coefficient (Wildman–Crippen LogP) is 3.68. The Kier molecular flexibility index (Phi) is 7.00. The summed E-state index contributed by atoms with van der Waals surface area (Å²) < 4.78 is 33.8. The Bertz CT molecular complexity index is 1360. The first-order valence-electron chi connectivity index (χ1n) is 9.43. The van der Waals surface area contributed by atoms with Crippen molar-refractivity contribution in [1.29, 1.82) is 5.26 Å². The minimum absolute atomic E-state index is 0.0607. The Morgan fingerprint density at radius 2 is 2.00 bits per heavy atom. The molecule has 3 aromatic rings. The molecular formula is C20H17N5O6S2. The van der Waals surface area contributed by atoms with Crippen molar-refractivity contribution in [3.8, 4) is 17.4 Å². The van der Waals surface area contributed by atoms with Crippen LogP contribution in [0.3, 0.4) is 0 Å². The standard InChI is InChI=1S/C20H17N5O6S2/c1-12(2)11-33(29,30)20-23-19(32-24-20)22-18(26)14(10-21)9-16-7-8-17(31-16)13-3-5-15(6-4-13)25(27)28/h3-9,12H,11H2,1-2H3,(H,22,23,24,26)/b14-9-. The Hall–Kier alpha value is -3.89. The predicted molar refractivity (Wildman–Crippen MR) is 120 cm³/mol. The number of non-ortho nitro benzene ring substituents is 1. The van der Waals surface area contributed by atoms with Crippen LogP contribution in [0.5, 0.6) is 0 Å². The number of nitro groups is 1. The molecule has 0 aliphatic rings. The van der Waals surface area contributed by atoms with E-state index in [9.17, 15) is 28.6 Å². The summed E-state index contributed by atoms with van der Waals surface area (Å²) in [4.78, 5) is 26.5. The maximum atomic E-state index is 12.4. The first-order chi connectivity index (χ1) is 15.6. The van der Waals surface area contributed by atoms with Crippen molar-refractivity contribution in [3.05, 3.63) is 57.8 Å². The van der Waals surface area contributed by atoms with Crippen LogP contribution < -0.4 is 5.32 Å². The lowest BCUT2D eigenvalue weighted by Crippen LogP contribution is -2.15. The lowest BCUT2D eigenvalue weighted by Gasteiger charge is -2.02. The molecule has 0 unspecified atom stereocenters. The molecule has 0 saturated carbocycles. The molecule has 2 heterocycles. The van der Waals surface area contributed by atoms with Crippen LogP contribution in [0.2, 0.25) is 0 Å². The summed E-state index contributed by atoms with van der Waals surface area (Å²) in [6.45, 7) is 3.50. The van der Waals surface area contributed by atoms with Gasteiger partial charge in [0.15, 0.2) is 0 Å². The van der Waals surface area contributed by atoms with Crippen LogP contribution in [0.25, 0.3) is 17.4 Å². The Balaban J connectivity index is 1.75. The molecule has 1 aromatic carbocycles. The SMILES string of the molecule is CC(C)CS(=O)(=O)c1nsc(NC(=O)/C(C#N)=C\c2ccc(-c3ccc([N+](=O)[O-])cc3)o2)n1. The largest absolute Gasteiger partial charge is 0.457 e. The van der Waals surface area contributed by atoms with Crippen LogP contribution in [-0.2, 0) is 14.6 Å². The minimum atomic E-state index is -3.68. The number of benzene rings is 1. The van der Waals surface area contributed by atoms with Gasteiger partial charge in [0.25, 0.3) is 16.8 Å². The van der Waals surface area contributed by atoms with Gasteiger partial charge < -0.3 is 4.42 Å². The summed E-state index contributed by atoms with van der Waals surface area (Å²) in [6, 6.07) is 10.6. The van der Waals surface area contributed by atoms with Crippen molar-refractivity contribution in [2.75, 3.05) is 11.1 Å². The van der Waals surface area contributed by atoms with Gasteiger partial charge in [-0.3, -0.25) is 20.2 Å². The van der Waals surface area contributed by atoms with Gasteiger partial charge in [0.2, 0.25) is 15.0 Å². The molecule has 2 aromatic heterocycles. The van der Waals surface area contributed by atoms with Gasteiger partial charge in [0.05, 0.1) is 10.7 Å². The lowest BCUT2D eigenvalue weighted by molar-refractivity contribution is -0.384. The van der Waals surface area contributed by atoms with Gasteiger partial charge in [-0.25, -0.2) is 8.42 Å². The average Bonchev–Trinajstić information content (AvgIpc) is 3.41. The summed E-state index contributed by atoms with van der Waals surface area (Å²) in [5.41, 5.74) is 0.208. The maximum Gasteiger partial charge on any atom is 0.269 e. The van der Waals surface area contributed by atoms with Gasteiger partial charge in [-0.1, -0.05) is 13.8 Å². The quantitative estimate of drug-likeness (QED) is 0.215. The molecule has 0 saturated heterocycles. The number of carbonyl (C=O) groups excluding carboxylic acids is 1. The Morgan fingerprint density at radius 3 is 2.61 bits per heavy atom. The third-order valence-electron chi connectivity index (χ3n) is 4.10. The number of carbonyl (C=O) groups is 1. The van der Waals surface area contributed by atoms with E-state index in [2.05, 4.69) is 14.7 Å². The third kappa shape index (κ3) is 5.88. The molecule has 11 nitrogen and oxygen atoms in total. The number of furan rings is 1. The minimum Gasteiger partial charge on any atom is -0.457 e. The van der Waals surface area contributed by atoms with E-state index in [1.165, 1.54) is 36.4 Å². The second-order valence-corrected chi connectivity index (χ2v) is 9.87. The van der Waals surface area contributed by atoms with Crippen LogP contribution in [0.15, 0.2) is 51.5 Å². The Morgan fingerprint density at radius 1 is 1.30 bits per heavy atom. The molecule has 170 valence electrons. The molecular weight excluding hydrogens is 470 g/mol. The lowest BCUT2D eigenvalue weighted by atomic mass is 10.1. The number of nitriles is 1. The monoisotopic (exact) mass is 487 g/mol. The summed E-state index contributed by atoms with van der Waals surface area (Å²) in [6.07, 6.45) is 1.21. The number of nitrogens with zero attached hydrogens (tertiary/aromatic N) is 4. The topological polar surface area (TPSA) is 169 Å². The van der Waals surface area contributed by atoms with Crippen molar-refractivity contribution < 1.29 is 22.6 Å². The van der Waals surface area contributed by atoms with Crippen LogP contribution in [0.4, 0.5) is 10.8 Å². The second-order valence-electron chi connectivity index (χ2n) is 7.19. The fourth-order valence-electron chi connectivity index (χ4n) is 2.69. The van der Waals surface area contributed by atoms with E-state index in [4.69, 9.17) is 4.42 Å². The van der Waals surface area contributed by atoms with Gasteiger partial charge in [0, 0.05) is 35.3 Å². The number of sulfone groups is 1. The molecule has 33 heavy (non-hydrogen) atoms. The highest BCUT2D eigenvalue weighted by Crippen LogP contribution is 2.26. The molecule has 0 fully saturated rings. The van der Waals surface area contributed by atoms with Gasteiger partial charge in [0.1, 0.15) is 23.2 Å². The van der Waals surface area contributed by atoms with Crippen LogP contribution in [-0.4, -0.2) is 34.4 Å². The zero-order valence-electron chi connectivity index (χ0n) is 17.4. The van der Waals surface area contributed by atoms with Gasteiger partial charge >= 0.3 is 0 Å². The van der Waals surface area contributed by atoms with E-state index >= 15 is 0 Å². The first kappa shape index (κ1) is 23.8. The molecule has 1 amide bonds. The number of amides is 1. The van der Waals surface area contributed by atoms with Crippen LogP contribution >= 0.6 is 11.5 Å². The van der Waals surface area contributed by atoms with Gasteiger partial charge in [-0.15, -0.1) is 0 Å². The van der Waals surface area contributed by atoms with E-state index < -0.39 is 20.7 Å². The van der Waals surface area contributed by atoms with E-state index in [1.54, 1.807) is 26.0 Å². The van der Waals surface area contributed by atoms with Crippen molar-refractivity contribution >= 4 is 44.2 Å². The second kappa shape index (κ2) is 9.72. The zero-order valence-corrected chi connectivity index (χ0v) is 19.0. The highest BCUT2D eigenvalue weighted by Gasteiger charge is 2.23. The van der Waals surface area contributed by atoms with Gasteiger partial charge in [-0.2, -0.15) is 14.6 Å². The molecule has 3 rings (SSSR count). The number of nitro benzene ring substituents is 1. The van der Waals surface area contributed by atoms with Crippen molar-refractivity contribution in [2.24, 2.45) is 5.92 Å². The number of aromatic nitrogens is 2. The number of anilines is 1. The normalized spacial score (nSPS) is 11.9. The fourth-order valence-corrected chi connectivity index (χ4v) is 5.04. The van der Waals surface area contributed by atoms with Crippen molar-refractivity contribution in [2.45, 2.75) is 19.0 Å². The average molecular weight is 488 g/mol. The summed E-state index contributed by atoms with van der Waals surface area (Å²) >= 11 is 0.690. The first-order valence-corrected chi connectivity index (χ1v) is 11.9. The summed E-state index contributed by atoms with van der Waals surface area (Å²) in [5.74, 6) is -0.468. The maximum absolute atomic E-state index is 12.4. The molecule has 1 N–H and O–H groups in total. The number of nitrogens with one attached hydrogen (secondary N) is 1. The Labute approximate surface area is 192 Å². The van der Waals surface area contributed by atoms with Gasteiger partial charge in [-0.05, 0) is 30.2 Å². The van der Waals surface area contributed by atoms with Crippen LogP contribution in [0.1, 0.15) is 19.6 Å².